The molecule has 21 heavy (non-hydrogen) atoms. The van der Waals surface area contributed by atoms with Gasteiger partial charge in [0.05, 0.1) is 6.26 Å². The van der Waals surface area contributed by atoms with Crippen LogP contribution < -0.4 is 5.32 Å². The summed E-state index contributed by atoms with van der Waals surface area (Å²) in [5.41, 5.74) is 1.16. The van der Waals surface area contributed by atoms with Gasteiger partial charge in [-0.2, -0.15) is 4.31 Å². The molecule has 2 rings (SSSR count). The molecule has 2 heterocycles. The van der Waals surface area contributed by atoms with Crippen LogP contribution in [0, 0.1) is 0 Å². The van der Waals surface area contributed by atoms with Gasteiger partial charge in [0.1, 0.15) is 5.82 Å². The predicted octanol–water partition coefficient (Wildman–Crippen LogP) is 2.26. The molecule has 1 aromatic rings. The molecule has 0 spiro atoms. The van der Waals surface area contributed by atoms with Crippen LogP contribution in [-0.2, 0) is 16.4 Å². The van der Waals surface area contributed by atoms with Crippen LogP contribution in [0.2, 0.25) is 0 Å². The standard InChI is InChI=1S/C15H25N3O2S/c1-12(2)17-15-9-7-13(11-16-15)6-8-14-5-4-10-18(14)21(3,19)20/h7,9,11-12,14H,4-6,8,10H2,1-3H3,(H,16,17). The Morgan fingerprint density at radius 1 is 1.43 bits per heavy atom. The Labute approximate surface area is 127 Å². The van der Waals surface area contributed by atoms with Gasteiger partial charge in [-0.25, -0.2) is 13.4 Å². The van der Waals surface area contributed by atoms with E-state index in [9.17, 15) is 8.42 Å². The fourth-order valence-electron chi connectivity index (χ4n) is 2.82. The normalized spacial score (nSPS) is 20.1. The first-order valence-electron chi connectivity index (χ1n) is 7.54. The number of pyridine rings is 1. The number of sulfonamides is 1. The molecule has 1 aromatic heterocycles. The minimum atomic E-state index is -3.07. The molecule has 0 aliphatic carbocycles. The van der Waals surface area contributed by atoms with Gasteiger partial charge in [0.15, 0.2) is 0 Å². The van der Waals surface area contributed by atoms with Gasteiger partial charge in [-0.15, -0.1) is 0 Å². The molecule has 118 valence electrons. The topological polar surface area (TPSA) is 62.3 Å². The Morgan fingerprint density at radius 2 is 2.19 bits per heavy atom. The Balaban J connectivity index is 1.91. The molecule has 6 heteroatoms. The molecule has 1 aliphatic heterocycles. The summed E-state index contributed by atoms with van der Waals surface area (Å²) < 4.78 is 25.1. The van der Waals surface area contributed by atoms with Gasteiger partial charge in [-0.3, -0.25) is 0 Å². The summed E-state index contributed by atoms with van der Waals surface area (Å²) in [4.78, 5) is 4.39. The average Bonchev–Trinajstić information content (AvgIpc) is 2.85. The lowest BCUT2D eigenvalue weighted by Gasteiger charge is -2.22. The molecule has 1 fully saturated rings. The van der Waals surface area contributed by atoms with Crippen LogP contribution in [0.25, 0.3) is 0 Å². The van der Waals surface area contributed by atoms with Crippen LogP contribution in [0.5, 0.6) is 0 Å². The lowest BCUT2D eigenvalue weighted by Crippen LogP contribution is -2.34. The number of aryl methyl sites for hydroxylation is 1. The molecule has 1 aliphatic rings. The van der Waals surface area contributed by atoms with Crippen molar-refractivity contribution < 1.29 is 8.42 Å². The molecule has 1 unspecified atom stereocenters. The molecule has 1 N–H and O–H groups in total. The zero-order valence-corrected chi connectivity index (χ0v) is 13.9. The van der Waals surface area contributed by atoms with Crippen LogP contribution in [0.1, 0.15) is 38.7 Å². The van der Waals surface area contributed by atoms with Crippen molar-refractivity contribution in [2.45, 2.75) is 51.6 Å². The summed E-state index contributed by atoms with van der Waals surface area (Å²) in [7, 11) is -3.07. The summed E-state index contributed by atoms with van der Waals surface area (Å²) in [6.07, 6.45) is 6.85. The monoisotopic (exact) mass is 311 g/mol. The highest BCUT2D eigenvalue weighted by Crippen LogP contribution is 2.24. The first-order valence-corrected chi connectivity index (χ1v) is 9.39. The fraction of sp³-hybridized carbons (Fsp3) is 0.667. The van der Waals surface area contributed by atoms with Crippen molar-refractivity contribution in [3.63, 3.8) is 0 Å². The maximum atomic E-state index is 11.7. The van der Waals surface area contributed by atoms with Crippen molar-refractivity contribution >= 4 is 15.8 Å². The summed E-state index contributed by atoms with van der Waals surface area (Å²) >= 11 is 0. The molecular formula is C15H25N3O2S. The molecule has 0 saturated carbocycles. The highest BCUT2D eigenvalue weighted by molar-refractivity contribution is 7.88. The largest absolute Gasteiger partial charge is 0.368 e. The fourth-order valence-corrected chi connectivity index (χ4v) is 4.03. The van der Waals surface area contributed by atoms with Gasteiger partial charge in [-0.05, 0) is 51.2 Å². The average molecular weight is 311 g/mol. The lowest BCUT2D eigenvalue weighted by molar-refractivity contribution is 0.373. The molecule has 1 saturated heterocycles. The molecule has 0 aromatic carbocycles. The molecule has 5 nitrogen and oxygen atoms in total. The van der Waals surface area contributed by atoms with Crippen molar-refractivity contribution in [2.75, 3.05) is 18.1 Å². The number of nitrogens with zero attached hydrogens (tertiary/aromatic N) is 2. The Bertz CT molecular complexity index is 555. The smallest absolute Gasteiger partial charge is 0.211 e. The van der Waals surface area contributed by atoms with Crippen molar-refractivity contribution in [1.29, 1.82) is 0 Å². The first-order chi connectivity index (χ1) is 9.86. The second kappa shape index (κ2) is 6.75. The summed E-state index contributed by atoms with van der Waals surface area (Å²) in [6.45, 7) is 4.82. The van der Waals surface area contributed by atoms with Gasteiger partial charge in [0.25, 0.3) is 0 Å². The third-order valence-corrected chi connectivity index (χ3v) is 5.11. The van der Waals surface area contributed by atoms with Gasteiger partial charge in [-0.1, -0.05) is 6.07 Å². The Morgan fingerprint density at radius 3 is 2.76 bits per heavy atom. The second-order valence-corrected chi connectivity index (χ2v) is 7.99. The van der Waals surface area contributed by atoms with Crippen molar-refractivity contribution in [3.05, 3.63) is 23.9 Å². The Hall–Kier alpha value is -1.14. The molecule has 0 bridgehead atoms. The number of anilines is 1. The van der Waals surface area contributed by atoms with Crippen molar-refractivity contribution in [3.8, 4) is 0 Å². The van der Waals surface area contributed by atoms with E-state index in [0.717, 1.165) is 37.1 Å². The molecule has 0 radical (unpaired) electrons. The summed E-state index contributed by atoms with van der Waals surface area (Å²) in [5, 5.41) is 3.26. The number of nitrogens with one attached hydrogen (secondary N) is 1. The first kappa shape index (κ1) is 16.2. The van der Waals surface area contributed by atoms with Gasteiger partial charge in [0.2, 0.25) is 10.0 Å². The maximum absolute atomic E-state index is 11.7. The minimum Gasteiger partial charge on any atom is -0.368 e. The second-order valence-electron chi connectivity index (χ2n) is 6.06. The van der Waals surface area contributed by atoms with Gasteiger partial charge in [0, 0.05) is 24.8 Å². The van der Waals surface area contributed by atoms with E-state index in [1.807, 2.05) is 12.3 Å². The van der Waals surface area contributed by atoms with E-state index in [1.165, 1.54) is 6.26 Å². The van der Waals surface area contributed by atoms with E-state index >= 15 is 0 Å². The van der Waals surface area contributed by atoms with Crippen LogP contribution in [0.4, 0.5) is 5.82 Å². The Kier molecular flexibility index (Phi) is 5.22. The summed E-state index contributed by atoms with van der Waals surface area (Å²) in [5.74, 6) is 0.882. The zero-order chi connectivity index (χ0) is 15.5. The minimum absolute atomic E-state index is 0.147. The van der Waals surface area contributed by atoms with Crippen molar-refractivity contribution in [2.24, 2.45) is 0 Å². The maximum Gasteiger partial charge on any atom is 0.211 e. The third-order valence-electron chi connectivity index (χ3n) is 3.78. The number of hydrogen-bond donors (Lipinski definition) is 1. The van der Waals surface area contributed by atoms with Crippen LogP contribution >= 0.6 is 0 Å². The SMILES string of the molecule is CC(C)Nc1ccc(CCC2CCCN2S(C)(=O)=O)cn1. The highest BCUT2D eigenvalue weighted by Gasteiger charge is 2.30. The summed E-state index contributed by atoms with van der Waals surface area (Å²) in [6, 6.07) is 4.56. The van der Waals surface area contributed by atoms with Gasteiger partial charge >= 0.3 is 0 Å². The van der Waals surface area contributed by atoms with E-state index in [0.29, 0.717) is 12.6 Å². The van der Waals surface area contributed by atoms with E-state index in [-0.39, 0.29) is 6.04 Å². The van der Waals surface area contributed by atoms with Crippen LogP contribution in [0.3, 0.4) is 0 Å². The van der Waals surface area contributed by atoms with E-state index in [2.05, 4.69) is 30.2 Å². The van der Waals surface area contributed by atoms with Gasteiger partial charge < -0.3 is 5.32 Å². The molecule has 0 amide bonds. The predicted molar refractivity (Wildman–Crippen MR) is 85.9 cm³/mol. The lowest BCUT2D eigenvalue weighted by atomic mass is 10.1. The van der Waals surface area contributed by atoms with Crippen LogP contribution in [-0.4, -0.2) is 42.6 Å². The van der Waals surface area contributed by atoms with E-state index < -0.39 is 10.0 Å². The zero-order valence-electron chi connectivity index (χ0n) is 13.0. The number of rotatable bonds is 6. The number of hydrogen-bond acceptors (Lipinski definition) is 4. The third kappa shape index (κ3) is 4.68. The van der Waals surface area contributed by atoms with Crippen LogP contribution in [0.15, 0.2) is 18.3 Å². The quantitative estimate of drug-likeness (QED) is 0.875. The van der Waals surface area contributed by atoms with E-state index in [4.69, 9.17) is 0 Å². The highest BCUT2D eigenvalue weighted by atomic mass is 32.2. The number of aromatic nitrogens is 1. The van der Waals surface area contributed by atoms with E-state index in [1.54, 1.807) is 4.31 Å². The van der Waals surface area contributed by atoms with Crippen molar-refractivity contribution in [1.82, 2.24) is 9.29 Å². The molecular weight excluding hydrogens is 286 g/mol. The molecule has 1 atom stereocenters.